The van der Waals surface area contributed by atoms with Crippen molar-refractivity contribution in [3.8, 4) is 0 Å². The Morgan fingerprint density at radius 2 is 1.32 bits per heavy atom. The molecule has 2 fully saturated rings. The minimum absolute atomic E-state index is 0.243. The summed E-state index contributed by atoms with van der Waals surface area (Å²) in [5, 5.41) is 67.9. The molecule has 0 aromatic rings. The molecule has 0 radical (unpaired) electrons. The van der Waals surface area contributed by atoms with Crippen LogP contribution in [0.1, 0.15) is 6.92 Å². The highest BCUT2D eigenvalue weighted by molar-refractivity contribution is 5.68. The maximum atomic E-state index is 10.6. The predicted molar refractivity (Wildman–Crippen MR) is 94.5 cm³/mol. The van der Waals surface area contributed by atoms with Crippen LogP contribution in [0.15, 0.2) is 0 Å². The molecular weight excluding hydrogens is 428 g/mol. The predicted octanol–water partition coefficient (Wildman–Crippen LogP) is -3.90. The molecule has 2 saturated heterocycles. The second-order valence-electron chi connectivity index (χ2n) is 7.35. The summed E-state index contributed by atoms with van der Waals surface area (Å²) in [6.45, 7) is -0.472. The zero-order valence-electron chi connectivity index (χ0n) is 16.6. The van der Waals surface area contributed by atoms with E-state index in [1.54, 1.807) is 6.92 Å². The number of hydrogen-bond donors (Lipinski definition) is 7. The number of rotatable bonds is 10. The highest BCUT2D eigenvalue weighted by Gasteiger charge is 2.49. The van der Waals surface area contributed by atoms with Gasteiger partial charge in [0.05, 0.1) is 25.4 Å². The van der Waals surface area contributed by atoms with E-state index >= 15 is 0 Å². The van der Waals surface area contributed by atoms with Crippen molar-refractivity contribution in [1.82, 2.24) is 0 Å². The van der Waals surface area contributed by atoms with Gasteiger partial charge in [-0.2, -0.15) is 0 Å². The molecule has 0 spiro atoms. The first-order chi connectivity index (χ1) is 14.5. The first kappa shape index (κ1) is 25.8. The van der Waals surface area contributed by atoms with Crippen molar-refractivity contribution in [1.29, 1.82) is 0 Å². The Labute approximate surface area is 176 Å². The van der Waals surface area contributed by atoms with Gasteiger partial charge >= 0.3 is 11.9 Å². The molecule has 2 aliphatic heterocycles. The monoisotopic (exact) mass is 456 g/mol. The molecule has 10 atom stereocenters. The average Bonchev–Trinajstić information content (AvgIpc) is 2.69. The topological polar surface area (TPSA) is 222 Å². The van der Waals surface area contributed by atoms with Gasteiger partial charge in [-0.05, 0) is 0 Å². The second kappa shape index (κ2) is 11.4. The van der Waals surface area contributed by atoms with Gasteiger partial charge in [-0.25, -0.2) is 9.59 Å². The van der Waals surface area contributed by atoms with Gasteiger partial charge in [-0.1, -0.05) is 6.92 Å². The number of hydrogen-bond acceptors (Lipinski definition) is 12. The standard InChI is InChI=1S/C17H28O14/c1-6-7(2-27-4-9(18)19)30-17(14(25)11(6)22)31-15-8(3-28-5-10(20)21)29-16(26)13(24)12(15)23/h6-8,11-17,22-26H,2-5H2,1H3,(H,18,19)(H,20,21). The van der Waals surface area contributed by atoms with Crippen molar-refractivity contribution in [3.05, 3.63) is 0 Å². The fourth-order valence-corrected chi connectivity index (χ4v) is 3.27. The fraction of sp³-hybridized carbons (Fsp3) is 0.882. The van der Waals surface area contributed by atoms with Crippen molar-refractivity contribution in [2.45, 2.75) is 62.2 Å². The van der Waals surface area contributed by atoms with Crippen LogP contribution in [0, 0.1) is 5.92 Å². The van der Waals surface area contributed by atoms with E-state index < -0.39 is 93.0 Å². The molecule has 2 aliphatic rings. The van der Waals surface area contributed by atoms with Crippen LogP contribution in [-0.2, 0) is 33.3 Å². The lowest BCUT2D eigenvalue weighted by Gasteiger charge is -2.46. The lowest BCUT2D eigenvalue weighted by atomic mass is 9.90. The second-order valence-corrected chi connectivity index (χ2v) is 7.35. The number of aliphatic hydroxyl groups excluding tert-OH is 5. The van der Waals surface area contributed by atoms with E-state index in [0.29, 0.717) is 0 Å². The number of carbonyl (C=O) groups is 2. The summed E-state index contributed by atoms with van der Waals surface area (Å²) in [6, 6.07) is 0. The summed E-state index contributed by atoms with van der Waals surface area (Å²) in [5.74, 6) is -3.16. The van der Waals surface area contributed by atoms with Crippen LogP contribution in [0.25, 0.3) is 0 Å². The van der Waals surface area contributed by atoms with Crippen molar-refractivity contribution in [2.75, 3.05) is 26.4 Å². The van der Waals surface area contributed by atoms with Crippen LogP contribution >= 0.6 is 0 Å². The van der Waals surface area contributed by atoms with E-state index in [9.17, 15) is 35.1 Å². The summed E-state index contributed by atoms with van der Waals surface area (Å²) in [5.41, 5.74) is 0. The number of aliphatic carboxylic acids is 2. The molecule has 14 heteroatoms. The smallest absolute Gasteiger partial charge is 0.329 e. The third-order valence-electron chi connectivity index (χ3n) is 5.03. The third kappa shape index (κ3) is 6.76. The SMILES string of the molecule is CC1C(COCC(=O)O)OC(OC2C(COCC(=O)O)OC(O)C(O)C2O)C(O)C1O. The van der Waals surface area contributed by atoms with Crippen LogP contribution < -0.4 is 0 Å². The molecule has 14 nitrogen and oxygen atoms in total. The normalized spacial score (nSPS) is 41.1. The number of carboxylic acids is 2. The summed E-state index contributed by atoms with van der Waals surface area (Å²) in [6.07, 6.45) is -13.5. The fourth-order valence-electron chi connectivity index (χ4n) is 3.27. The lowest BCUT2D eigenvalue weighted by Crippen LogP contribution is -2.63. The maximum absolute atomic E-state index is 10.6. The zero-order valence-corrected chi connectivity index (χ0v) is 16.6. The van der Waals surface area contributed by atoms with Crippen LogP contribution in [-0.4, -0.2) is 129 Å². The third-order valence-corrected chi connectivity index (χ3v) is 5.03. The van der Waals surface area contributed by atoms with Crippen LogP contribution in [0.4, 0.5) is 0 Å². The summed E-state index contributed by atoms with van der Waals surface area (Å²) >= 11 is 0. The average molecular weight is 456 g/mol. The Balaban J connectivity index is 2.09. The molecule has 0 saturated carbocycles. The summed E-state index contributed by atoms with van der Waals surface area (Å²) in [7, 11) is 0. The molecule has 0 aromatic carbocycles. The number of carboxylic acid groups (broad SMARTS) is 2. The van der Waals surface area contributed by atoms with Crippen molar-refractivity contribution < 1.29 is 69.0 Å². The zero-order chi connectivity index (χ0) is 23.3. The van der Waals surface area contributed by atoms with Gasteiger partial charge in [0.25, 0.3) is 0 Å². The van der Waals surface area contributed by atoms with Crippen molar-refractivity contribution in [2.24, 2.45) is 5.92 Å². The lowest BCUT2D eigenvalue weighted by molar-refractivity contribution is -0.352. The van der Waals surface area contributed by atoms with Gasteiger partial charge in [0, 0.05) is 5.92 Å². The van der Waals surface area contributed by atoms with Gasteiger partial charge in [-0.3, -0.25) is 0 Å². The molecule has 31 heavy (non-hydrogen) atoms. The van der Waals surface area contributed by atoms with E-state index in [4.69, 9.17) is 33.9 Å². The van der Waals surface area contributed by atoms with Crippen molar-refractivity contribution in [3.63, 3.8) is 0 Å². The van der Waals surface area contributed by atoms with Crippen LogP contribution in [0.2, 0.25) is 0 Å². The van der Waals surface area contributed by atoms with E-state index in [2.05, 4.69) is 0 Å². The molecule has 0 aliphatic carbocycles. The highest BCUT2D eigenvalue weighted by Crippen LogP contribution is 2.31. The van der Waals surface area contributed by atoms with Crippen LogP contribution in [0.5, 0.6) is 0 Å². The largest absolute Gasteiger partial charge is 0.480 e. The Hall–Kier alpha value is -1.46. The quantitative estimate of drug-likeness (QED) is 0.167. The minimum atomic E-state index is -1.81. The molecule has 0 amide bonds. The van der Waals surface area contributed by atoms with E-state index in [0.717, 1.165) is 0 Å². The maximum Gasteiger partial charge on any atom is 0.329 e. The first-order valence-electron chi connectivity index (χ1n) is 9.48. The van der Waals surface area contributed by atoms with Gasteiger partial charge in [0.2, 0.25) is 0 Å². The Morgan fingerprint density at radius 3 is 1.87 bits per heavy atom. The Morgan fingerprint density at radius 1 is 0.774 bits per heavy atom. The number of ether oxygens (including phenoxy) is 5. The molecule has 10 unspecified atom stereocenters. The molecule has 2 heterocycles. The first-order valence-corrected chi connectivity index (χ1v) is 9.48. The number of aliphatic hydroxyl groups is 5. The van der Waals surface area contributed by atoms with Gasteiger partial charge in [0.15, 0.2) is 12.6 Å². The minimum Gasteiger partial charge on any atom is -0.480 e. The summed E-state index contributed by atoms with van der Waals surface area (Å²) in [4.78, 5) is 21.2. The molecule has 7 N–H and O–H groups in total. The molecule has 180 valence electrons. The van der Waals surface area contributed by atoms with E-state index in [-0.39, 0.29) is 6.61 Å². The van der Waals surface area contributed by atoms with E-state index in [1.807, 2.05) is 0 Å². The molecule has 0 aromatic heterocycles. The molecular formula is C17H28O14. The highest BCUT2D eigenvalue weighted by atomic mass is 16.7. The molecule has 0 bridgehead atoms. The van der Waals surface area contributed by atoms with E-state index in [1.165, 1.54) is 0 Å². The summed E-state index contributed by atoms with van der Waals surface area (Å²) < 4.78 is 26.1. The van der Waals surface area contributed by atoms with Gasteiger partial charge in [0.1, 0.15) is 43.7 Å². The van der Waals surface area contributed by atoms with Crippen LogP contribution in [0.3, 0.4) is 0 Å². The Kier molecular flexibility index (Phi) is 9.50. The van der Waals surface area contributed by atoms with Gasteiger partial charge < -0.3 is 59.4 Å². The van der Waals surface area contributed by atoms with Gasteiger partial charge in [-0.15, -0.1) is 0 Å². The molecule has 2 rings (SSSR count). The Bertz CT molecular complexity index is 601. The van der Waals surface area contributed by atoms with Crippen molar-refractivity contribution >= 4 is 11.9 Å².